The Morgan fingerprint density at radius 1 is 1.23 bits per heavy atom. The number of likely N-dealkylation sites (tertiary alicyclic amines) is 1. The molecule has 2 aromatic rings. The number of carbonyl (C=O) groups is 1. The third-order valence-electron chi connectivity index (χ3n) is 4.85. The number of carbonyl (C=O) groups excluding carboxylic acids is 1. The SMILES string of the molecule is O=C(Cn1cccnc1=O)NC[C@@H]1CCCN(CCc2ccccc2)C1. The zero-order valence-electron chi connectivity index (χ0n) is 15.0. The van der Waals surface area contributed by atoms with Gasteiger partial charge in [-0.15, -0.1) is 0 Å². The van der Waals surface area contributed by atoms with Crippen LogP contribution in [0.5, 0.6) is 0 Å². The Hall–Kier alpha value is -2.47. The van der Waals surface area contributed by atoms with E-state index in [0.29, 0.717) is 12.5 Å². The second kappa shape index (κ2) is 9.29. The highest BCUT2D eigenvalue weighted by Crippen LogP contribution is 2.16. The van der Waals surface area contributed by atoms with E-state index < -0.39 is 5.69 Å². The molecule has 1 amide bonds. The molecule has 3 rings (SSSR count). The van der Waals surface area contributed by atoms with E-state index in [1.54, 1.807) is 12.3 Å². The normalized spacial score (nSPS) is 17.8. The number of rotatable bonds is 7. The van der Waals surface area contributed by atoms with Crippen LogP contribution in [0.25, 0.3) is 0 Å². The molecular weight excluding hydrogens is 328 g/mol. The average molecular weight is 354 g/mol. The van der Waals surface area contributed by atoms with Crippen molar-refractivity contribution in [3.05, 3.63) is 64.8 Å². The van der Waals surface area contributed by atoms with Gasteiger partial charge >= 0.3 is 5.69 Å². The van der Waals surface area contributed by atoms with E-state index in [1.165, 1.54) is 16.3 Å². The lowest BCUT2D eigenvalue weighted by molar-refractivity contribution is -0.122. The fraction of sp³-hybridized carbons (Fsp3) is 0.450. The van der Waals surface area contributed by atoms with Gasteiger partial charge in [-0.1, -0.05) is 30.3 Å². The van der Waals surface area contributed by atoms with Gasteiger partial charge in [-0.05, 0) is 43.4 Å². The lowest BCUT2D eigenvalue weighted by Gasteiger charge is -2.32. The Bertz CT molecular complexity index is 760. The number of piperidine rings is 1. The van der Waals surface area contributed by atoms with E-state index in [1.807, 2.05) is 6.07 Å². The molecule has 26 heavy (non-hydrogen) atoms. The van der Waals surface area contributed by atoms with Crippen molar-refractivity contribution in [3.8, 4) is 0 Å². The number of benzene rings is 1. The van der Waals surface area contributed by atoms with Crippen LogP contribution in [0.1, 0.15) is 18.4 Å². The lowest BCUT2D eigenvalue weighted by Crippen LogP contribution is -2.42. The van der Waals surface area contributed by atoms with Gasteiger partial charge in [0, 0.05) is 32.0 Å². The molecule has 138 valence electrons. The Morgan fingerprint density at radius 2 is 2.08 bits per heavy atom. The fourth-order valence-corrected chi connectivity index (χ4v) is 3.43. The largest absolute Gasteiger partial charge is 0.354 e. The van der Waals surface area contributed by atoms with Gasteiger partial charge in [0.1, 0.15) is 6.54 Å². The highest BCUT2D eigenvalue weighted by molar-refractivity contribution is 5.75. The Balaban J connectivity index is 1.41. The third kappa shape index (κ3) is 5.52. The molecule has 6 nitrogen and oxygen atoms in total. The van der Waals surface area contributed by atoms with Crippen LogP contribution in [0, 0.1) is 5.92 Å². The fourth-order valence-electron chi connectivity index (χ4n) is 3.43. The van der Waals surface area contributed by atoms with Crippen molar-refractivity contribution in [2.45, 2.75) is 25.8 Å². The van der Waals surface area contributed by atoms with Gasteiger partial charge in [0.15, 0.2) is 0 Å². The average Bonchev–Trinajstić information content (AvgIpc) is 2.68. The Morgan fingerprint density at radius 3 is 2.88 bits per heavy atom. The number of nitrogens with one attached hydrogen (secondary N) is 1. The number of hydrogen-bond donors (Lipinski definition) is 1. The molecule has 0 aliphatic carbocycles. The summed E-state index contributed by atoms with van der Waals surface area (Å²) in [7, 11) is 0. The number of nitrogens with zero attached hydrogens (tertiary/aromatic N) is 3. The monoisotopic (exact) mass is 354 g/mol. The molecule has 0 bridgehead atoms. The first-order chi connectivity index (χ1) is 12.7. The van der Waals surface area contributed by atoms with Crippen molar-refractivity contribution >= 4 is 5.91 Å². The van der Waals surface area contributed by atoms with Crippen LogP contribution >= 0.6 is 0 Å². The molecule has 1 atom stereocenters. The van der Waals surface area contributed by atoms with Gasteiger partial charge in [-0.3, -0.25) is 9.36 Å². The minimum atomic E-state index is -0.396. The van der Waals surface area contributed by atoms with Gasteiger partial charge < -0.3 is 10.2 Å². The Labute approximate surface area is 153 Å². The summed E-state index contributed by atoms with van der Waals surface area (Å²) in [5.41, 5.74) is 0.970. The van der Waals surface area contributed by atoms with Crippen molar-refractivity contribution in [1.82, 2.24) is 19.8 Å². The molecule has 2 heterocycles. The molecule has 0 radical (unpaired) electrons. The predicted molar refractivity (Wildman–Crippen MR) is 101 cm³/mol. The first-order valence-electron chi connectivity index (χ1n) is 9.25. The summed E-state index contributed by atoms with van der Waals surface area (Å²) < 4.78 is 1.32. The summed E-state index contributed by atoms with van der Waals surface area (Å²) >= 11 is 0. The summed E-state index contributed by atoms with van der Waals surface area (Å²) in [4.78, 5) is 29.8. The number of hydrogen-bond acceptors (Lipinski definition) is 4. The quantitative estimate of drug-likeness (QED) is 0.814. The van der Waals surface area contributed by atoms with Crippen LogP contribution in [-0.2, 0) is 17.8 Å². The van der Waals surface area contributed by atoms with E-state index >= 15 is 0 Å². The topological polar surface area (TPSA) is 67.2 Å². The molecule has 1 aliphatic rings. The van der Waals surface area contributed by atoms with E-state index in [9.17, 15) is 9.59 Å². The maximum Gasteiger partial charge on any atom is 0.347 e. The molecule has 0 spiro atoms. The molecule has 6 heteroatoms. The molecule has 0 saturated carbocycles. The molecule has 1 aliphatic heterocycles. The standard InChI is InChI=1S/C20H26N4O2/c25-19(16-24-12-5-10-21-20(24)26)22-14-18-8-4-11-23(15-18)13-9-17-6-2-1-3-7-17/h1-3,5-7,10,12,18H,4,8-9,11,13-16H2,(H,22,25)/t18-/m0/s1. The summed E-state index contributed by atoms with van der Waals surface area (Å²) in [6.45, 7) is 3.88. The zero-order valence-corrected chi connectivity index (χ0v) is 15.0. The second-order valence-electron chi connectivity index (χ2n) is 6.88. The summed E-state index contributed by atoms with van der Waals surface area (Å²) in [5, 5.41) is 2.97. The highest BCUT2D eigenvalue weighted by Gasteiger charge is 2.20. The maximum atomic E-state index is 12.1. The van der Waals surface area contributed by atoms with Gasteiger partial charge in [0.25, 0.3) is 0 Å². The van der Waals surface area contributed by atoms with Gasteiger partial charge in [-0.25, -0.2) is 9.78 Å². The molecule has 1 saturated heterocycles. The summed E-state index contributed by atoms with van der Waals surface area (Å²) in [6, 6.07) is 12.2. The highest BCUT2D eigenvalue weighted by atomic mass is 16.2. The van der Waals surface area contributed by atoms with Crippen LogP contribution in [0.2, 0.25) is 0 Å². The van der Waals surface area contributed by atoms with E-state index in [4.69, 9.17) is 0 Å². The van der Waals surface area contributed by atoms with E-state index in [-0.39, 0.29) is 12.5 Å². The zero-order chi connectivity index (χ0) is 18.2. The number of aromatic nitrogens is 2. The van der Waals surface area contributed by atoms with Crippen molar-refractivity contribution in [1.29, 1.82) is 0 Å². The molecular formula is C20H26N4O2. The van der Waals surface area contributed by atoms with E-state index in [2.05, 4.69) is 39.5 Å². The van der Waals surface area contributed by atoms with Crippen molar-refractivity contribution in [3.63, 3.8) is 0 Å². The van der Waals surface area contributed by atoms with Gasteiger partial charge in [0.05, 0.1) is 0 Å². The van der Waals surface area contributed by atoms with Crippen molar-refractivity contribution in [2.75, 3.05) is 26.2 Å². The van der Waals surface area contributed by atoms with Gasteiger partial charge in [0.2, 0.25) is 5.91 Å². The Kier molecular flexibility index (Phi) is 6.55. The van der Waals surface area contributed by atoms with Crippen molar-refractivity contribution in [2.24, 2.45) is 5.92 Å². The minimum Gasteiger partial charge on any atom is -0.354 e. The van der Waals surface area contributed by atoms with Crippen LogP contribution in [0.3, 0.4) is 0 Å². The van der Waals surface area contributed by atoms with Crippen LogP contribution in [-0.4, -0.2) is 46.5 Å². The maximum absolute atomic E-state index is 12.1. The lowest BCUT2D eigenvalue weighted by atomic mass is 9.97. The van der Waals surface area contributed by atoms with Gasteiger partial charge in [-0.2, -0.15) is 0 Å². The summed E-state index contributed by atoms with van der Waals surface area (Å²) in [5.74, 6) is 0.329. The predicted octanol–water partition coefficient (Wildman–Crippen LogP) is 1.31. The smallest absolute Gasteiger partial charge is 0.347 e. The van der Waals surface area contributed by atoms with Crippen LogP contribution in [0.4, 0.5) is 0 Å². The molecule has 0 unspecified atom stereocenters. The molecule has 1 aromatic heterocycles. The first-order valence-corrected chi connectivity index (χ1v) is 9.25. The van der Waals surface area contributed by atoms with E-state index in [0.717, 1.165) is 38.9 Å². The minimum absolute atomic E-state index is 0.0249. The molecule has 1 N–H and O–H groups in total. The first kappa shape index (κ1) is 18.3. The van der Waals surface area contributed by atoms with Crippen LogP contribution < -0.4 is 11.0 Å². The summed E-state index contributed by atoms with van der Waals surface area (Å²) in [6.07, 6.45) is 6.37. The van der Waals surface area contributed by atoms with Crippen molar-refractivity contribution < 1.29 is 4.79 Å². The number of amides is 1. The molecule has 1 fully saturated rings. The second-order valence-corrected chi connectivity index (χ2v) is 6.88. The third-order valence-corrected chi connectivity index (χ3v) is 4.85. The van der Waals surface area contributed by atoms with Crippen LogP contribution in [0.15, 0.2) is 53.6 Å². The molecule has 1 aromatic carbocycles.